The van der Waals surface area contributed by atoms with Crippen molar-refractivity contribution in [1.82, 2.24) is 0 Å². The van der Waals surface area contributed by atoms with E-state index in [0.717, 1.165) is 0 Å². The van der Waals surface area contributed by atoms with Crippen LogP contribution >= 0.6 is 47.0 Å². The van der Waals surface area contributed by atoms with Crippen LogP contribution in [0, 0.1) is 0 Å². The minimum Gasteiger partial charge on any atom is -0.368 e. The molecule has 134 valence electrons. The van der Waals surface area contributed by atoms with Crippen molar-refractivity contribution in [3.05, 3.63) is 24.3 Å². The van der Waals surface area contributed by atoms with E-state index in [-0.39, 0.29) is 0 Å². The lowest BCUT2D eigenvalue weighted by Crippen LogP contribution is -2.34. The minimum atomic E-state index is 1.21. The monoisotopic (exact) mass is 416 g/mol. The van der Waals surface area contributed by atoms with Gasteiger partial charge in [-0.3, -0.25) is 0 Å². The van der Waals surface area contributed by atoms with Gasteiger partial charge in [-0.2, -0.15) is 0 Å². The number of rotatable bonds is 1. The van der Waals surface area contributed by atoms with Crippen molar-refractivity contribution in [3.8, 4) is 11.1 Å². The second-order valence-corrected chi connectivity index (χ2v) is 11.6. The van der Waals surface area contributed by atoms with Crippen LogP contribution < -0.4 is 9.80 Å². The second-order valence-electron chi connectivity index (χ2n) is 7.01. The number of benzene rings is 2. The van der Waals surface area contributed by atoms with Gasteiger partial charge in [0, 0.05) is 68.8 Å². The fourth-order valence-corrected chi connectivity index (χ4v) is 8.90. The highest BCUT2D eigenvalue weighted by Crippen LogP contribution is 2.50. The predicted molar refractivity (Wildman–Crippen MR) is 119 cm³/mol. The highest BCUT2D eigenvalue weighted by Gasteiger charge is 2.28. The molecule has 6 heteroatoms. The average molecular weight is 417 g/mol. The molecular weight excluding hydrogens is 397 g/mol. The first-order valence-electron chi connectivity index (χ1n) is 9.24. The summed E-state index contributed by atoms with van der Waals surface area (Å²) in [5, 5.41) is 0. The molecule has 0 saturated carbocycles. The standard InChI is InChI=1S/C20H20N2S4/c1-5-23-15-9-13(10-16-19(15)21(1)2-6-24-16)14-11-17-20-18(12-14)26-8-4-22(20)3-7-25-17/h9-12H,1-8H2. The van der Waals surface area contributed by atoms with Crippen LogP contribution in [-0.4, -0.2) is 49.2 Å². The first kappa shape index (κ1) is 16.4. The fraction of sp³-hybridized carbons (Fsp3) is 0.400. The minimum absolute atomic E-state index is 1.21. The molecular formula is C20H20N2S4. The molecule has 0 aliphatic carbocycles. The summed E-state index contributed by atoms with van der Waals surface area (Å²) in [7, 11) is 0. The Morgan fingerprint density at radius 3 is 1.12 bits per heavy atom. The number of thioether (sulfide) groups is 4. The number of nitrogens with zero attached hydrogens (tertiary/aromatic N) is 2. The van der Waals surface area contributed by atoms with Crippen molar-refractivity contribution in [1.29, 1.82) is 0 Å². The van der Waals surface area contributed by atoms with E-state index in [1.54, 1.807) is 0 Å². The van der Waals surface area contributed by atoms with Crippen LogP contribution in [0.3, 0.4) is 0 Å². The molecule has 0 bridgehead atoms. The van der Waals surface area contributed by atoms with Gasteiger partial charge in [-0.25, -0.2) is 0 Å². The van der Waals surface area contributed by atoms with Crippen molar-refractivity contribution < 1.29 is 0 Å². The van der Waals surface area contributed by atoms with Crippen molar-refractivity contribution in [2.45, 2.75) is 19.6 Å². The van der Waals surface area contributed by atoms with Gasteiger partial charge in [-0.05, 0) is 35.4 Å². The number of hydrogen-bond donors (Lipinski definition) is 0. The molecule has 0 unspecified atom stereocenters. The van der Waals surface area contributed by atoms with Gasteiger partial charge >= 0.3 is 0 Å². The lowest BCUT2D eigenvalue weighted by Gasteiger charge is -2.37. The van der Waals surface area contributed by atoms with Crippen LogP contribution in [0.15, 0.2) is 43.8 Å². The molecule has 26 heavy (non-hydrogen) atoms. The highest BCUT2D eigenvalue weighted by molar-refractivity contribution is 8.01. The van der Waals surface area contributed by atoms with Crippen LogP contribution in [-0.2, 0) is 0 Å². The van der Waals surface area contributed by atoms with Crippen LogP contribution in [0.4, 0.5) is 11.4 Å². The summed E-state index contributed by atoms with van der Waals surface area (Å²) < 4.78 is 0. The van der Waals surface area contributed by atoms with E-state index in [1.807, 2.05) is 47.0 Å². The molecule has 0 N–H and O–H groups in total. The predicted octanol–water partition coefficient (Wildman–Crippen LogP) is 5.39. The molecule has 6 rings (SSSR count). The quantitative estimate of drug-likeness (QED) is 0.610. The van der Waals surface area contributed by atoms with Gasteiger partial charge in [0.2, 0.25) is 0 Å². The van der Waals surface area contributed by atoms with E-state index in [9.17, 15) is 0 Å². The average Bonchev–Trinajstić information content (AvgIpc) is 2.69. The van der Waals surface area contributed by atoms with Gasteiger partial charge in [-0.15, -0.1) is 47.0 Å². The van der Waals surface area contributed by atoms with Gasteiger partial charge in [0.15, 0.2) is 0 Å². The van der Waals surface area contributed by atoms with E-state index in [1.165, 1.54) is 91.3 Å². The van der Waals surface area contributed by atoms with E-state index in [0.29, 0.717) is 0 Å². The Morgan fingerprint density at radius 1 is 0.500 bits per heavy atom. The van der Waals surface area contributed by atoms with E-state index < -0.39 is 0 Å². The summed E-state index contributed by atoms with van der Waals surface area (Å²) >= 11 is 8.17. The first-order chi connectivity index (χ1) is 12.9. The SMILES string of the molecule is c1c(-c2cc3c4c(c2)SCCN4CCS3)cc2c3c1SCCN3CCS2. The van der Waals surface area contributed by atoms with Crippen LogP contribution in [0.2, 0.25) is 0 Å². The van der Waals surface area contributed by atoms with Gasteiger partial charge in [0.1, 0.15) is 0 Å². The van der Waals surface area contributed by atoms with Crippen LogP contribution in [0.5, 0.6) is 0 Å². The third-order valence-corrected chi connectivity index (χ3v) is 9.56. The zero-order chi connectivity index (χ0) is 17.1. The lowest BCUT2D eigenvalue weighted by molar-refractivity contribution is 0.829. The highest BCUT2D eigenvalue weighted by atomic mass is 32.2. The summed E-state index contributed by atoms with van der Waals surface area (Å²) in [6.07, 6.45) is 0. The van der Waals surface area contributed by atoms with Crippen molar-refractivity contribution in [2.24, 2.45) is 0 Å². The van der Waals surface area contributed by atoms with Crippen molar-refractivity contribution >= 4 is 58.4 Å². The van der Waals surface area contributed by atoms with Crippen molar-refractivity contribution in [2.75, 3.05) is 59.0 Å². The molecule has 4 heterocycles. The van der Waals surface area contributed by atoms with E-state index >= 15 is 0 Å². The molecule has 4 aliphatic rings. The molecule has 2 aromatic carbocycles. The zero-order valence-electron chi connectivity index (χ0n) is 14.5. The maximum absolute atomic E-state index is 2.60. The Labute approximate surface area is 171 Å². The zero-order valence-corrected chi connectivity index (χ0v) is 17.8. The molecule has 0 radical (unpaired) electrons. The molecule has 0 saturated heterocycles. The van der Waals surface area contributed by atoms with Gasteiger partial charge in [-0.1, -0.05) is 0 Å². The Kier molecular flexibility index (Phi) is 4.10. The maximum atomic E-state index is 2.60. The summed E-state index contributed by atoms with van der Waals surface area (Å²) in [5.74, 6) is 4.88. The molecule has 0 fully saturated rings. The number of hydrogen-bond acceptors (Lipinski definition) is 6. The molecule has 0 aromatic heterocycles. The topological polar surface area (TPSA) is 6.48 Å². The Morgan fingerprint density at radius 2 is 0.808 bits per heavy atom. The maximum Gasteiger partial charge on any atom is 0.0643 e. The van der Waals surface area contributed by atoms with Gasteiger partial charge < -0.3 is 9.80 Å². The largest absolute Gasteiger partial charge is 0.368 e. The van der Waals surface area contributed by atoms with Gasteiger partial charge in [0.05, 0.1) is 11.4 Å². The fourth-order valence-electron chi connectivity index (χ4n) is 4.30. The van der Waals surface area contributed by atoms with Crippen LogP contribution in [0.25, 0.3) is 11.1 Å². The third-order valence-electron chi connectivity index (χ3n) is 5.52. The van der Waals surface area contributed by atoms with Crippen LogP contribution in [0.1, 0.15) is 0 Å². The molecule has 2 nitrogen and oxygen atoms in total. The Bertz CT molecular complexity index is 762. The summed E-state index contributed by atoms with van der Waals surface area (Å²) in [5.41, 5.74) is 5.84. The van der Waals surface area contributed by atoms with Gasteiger partial charge in [0.25, 0.3) is 0 Å². The third kappa shape index (κ3) is 2.60. The molecule has 4 aliphatic heterocycles. The summed E-state index contributed by atoms with van der Waals surface area (Å²) in [6.45, 7) is 4.82. The number of anilines is 2. The second kappa shape index (κ2) is 6.50. The molecule has 0 spiro atoms. The summed E-state index contributed by atoms with van der Waals surface area (Å²) in [6, 6.07) is 9.81. The Balaban J connectivity index is 1.50. The summed E-state index contributed by atoms with van der Waals surface area (Å²) in [4.78, 5) is 11.2. The molecule has 2 aromatic rings. The Hall–Kier alpha value is -0.560. The smallest absolute Gasteiger partial charge is 0.0643 e. The van der Waals surface area contributed by atoms with Crippen molar-refractivity contribution in [3.63, 3.8) is 0 Å². The normalized spacial score (nSPS) is 20.6. The molecule has 0 atom stereocenters. The first-order valence-corrected chi connectivity index (χ1v) is 13.2. The molecule has 0 amide bonds. The van der Waals surface area contributed by atoms with E-state index in [2.05, 4.69) is 34.1 Å². The lowest BCUT2D eigenvalue weighted by atomic mass is 10.0. The van der Waals surface area contributed by atoms with E-state index in [4.69, 9.17) is 0 Å².